The van der Waals surface area contributed by atoms with Gasteiger partial charge in [0.05, 0.1) is 6.61 Å². The van der Waals surface area contributed by atoms with E-state index in [4.69, 9.17) is 10.6 Å². The van der Waals surface area contributed by atoms with Crippen molar-refractivity contribution in [3.8, 4) is 6.01 Å². The summed E-state index contributed by atoms with van der Waals surface area (Å²) in [6, 6.07) is 0.272. The second-order valence-electron chi connectivity index (χ2n) is 4.32. The fourth-order valence-electron chi connectivity index (χ4n) is 2.03. The summed E-state index contributed by atoms with van der Waals surface area (Å²) in [5.41, 5.74) is 2.41. The Morgan fingerprint density at radius 1 is 1.21 bits per heavy atom. The highest BCUT2D eigenvalue weighted by molar-refractivity contribution is 5.34. The van der Waals surface area contributed by atoms with Gasteiger partial charge in [0.2, 0.25) is 11.9 Å². The molecule has 2 rings (SSSR count). The van der Waals surface area contributed by atoms with Crippen molar-refractivity contribution in [3.63, 3.8) is 0 Å². The van der Waals surface area contributed by atoms with Crippen LogP contribution in [0.4, 0.5) is 11.9 Å². The molecular weight excluding hydrogens is 246 g/mol. The molecule has 1 fully saturated rings. The van der Waals surface area contributed by atoms with Gasteiger partial charge in [-0.05, 0) is 32.9 Å². The number of rotatable bonds is 7. The van der Waals surface area contributed by atoms with Crippen LogP contribution in [-0.4, -0.2) is 52.6 Å². The monoisotopic (exact) mass is 267 g/mol. The van der Waals surface area contributed by atoms with Gasteiger partial charge in [0.15, 0.2) is 0 Å². The predicted octanol–water partition coefficient (Wildman–Crippen LogP) is 0.0636. The maximum atomic E-state index is 5.32. The molecule has 106 valence electrons. The molecule has 8 heteroatoms. The Labute approximate surface area is 112 Å². The van der Waals surface area contributed by atoms with E-state index in [9.17, 15) is 0 Å². The number of nitrogens with zero attached hydrogens (tertiary/aromatic N) is 4. The first-order valence-corrected chi connectivity index (χ1v) is 6.63. The highest BCUT2D eigenvalue weighted by Gasteiger charge is 2.11. The van der Waals surface area contributed by atoms with Crippen molar-refractivity contribution in [2.45, 2.75) is 19.8 Å². The van der Waals surface area contributed by atoms with Gasteiger partial charge in [0.25, 0.3) is 0 Å². The molecule has 0 radical (unpaired) electrons. The maximum Gasteiger partial charge on any atom is 0.323 e. The molecule has 1 aromatic rings. The maximum absolute atomic E-state index is 5.32. The van der Waals surface area contributed by atoms with Crippen molar-refractivity contribution in [1.29, 1.82) is 0 Å². The van der Waals surface area contributed by atoms with Crippen LogP contribution in [0.5, 0.6) is 6.01 Å². The van der Waals surface area contributed by atoms with Crippen LogP contribution in [0.3, 0.4) is 0 Å². The van der Waals surface area contributed by atoms with Crippen molar-refractivity contribution in [2.75, 3.05) is 43.5 Å². The van der Waals surface area contributed by atoms with Crippen molar-refractivity contribution < 1.29 is 4.74 Å². The predicted molar refractivity (Wildman–Crippen MR) is 73.0 cm³/mol. The number of hydrogen-bond donors (Lipinski definition) is 3. The SMILES string of the molecule is CCOc1nc(NN)nc(NCCN2CCCC2)n1. The Balaban J connectivity index is 1.88. The van der Waals surface area contributed by atoms with Crippen molar-refractivity contribution >= 4 is 11.9 Å². The van der Waals surface area contributed by atoms with Gasteiger partial charge < -0.3 is 15.0 Å². The second-order valence-corrected chi connectivity index (χ2v) is 4.32. The molecule has 0 saturated carbocycles. The van der Waals surface area contributed by atoms with Gasteiger partial charge in [-0.15, -0.1) is 0 Å². The molecule has 0 aromatic carbocycles. The number of hydrazine groups is 1. The summed E-state index contributed by atoms with van der Waals surface area (Å²) in [6.07, 6.45) is 2.59. The molecule has 1 aliphatic heterocycles. The summed E-state index contributed by atoms with van der Waals surface area (Å²) in [5.74, 6) is 6.09. The highest BCUT2D eigenvalue weighted by Crippen LogP contribution is 2.11. The summed E-state index contributed by atoms with van der Waals surface area (Å²) < 4.78 is 5.26. The average molecular weight is 267 g/mol. The quantitative estimate of drug-likeness (QED) is 0.471. The third-order valence-electron chi connectivity index (χ3n) is 2.93. The number of aromatic nitrogens is 3. The van der Waals surface area contributed by atoms with E-state index in [0.717, 1.165) is 13.1 Å². The molecule has 1 aromatic heterocycles. The summed E-state index contributed by atoms with van der Waals surface area (Å²) in [6.45, 7) is 6.51. The molecule has 0 aliphatic carbocycles. The first-order chi connectivity index (χ1) is 9.31. The third-order valence-corrected chi connectivity index (χ3v) is 2.93. The van der Waals surface area contributed by atoms with Gasteiger partial charge in [-0.25, -0.2) is 5.84 Å². The Morgan fingerprint density at radius 2 is 1.95 bits per heavy atom. The van der Waals surface area contributed by atoms with Crippen LogP contribution < -0.4 is 21.3 Å². The van der Waals surface area contributed by atoms with E-state index in [2.05, 4.69) is 30.6 Å². The van der Waals surface area contributed by atoms with Crippen molar-refractivity contribution in [3.05, 3.63) is 0 Å². The summed E-state index contributed by atoms with van der Waals surface area (Å²) in [7, 11) is 0. The van der Waals surface area contributed by atoms with E-state index >= 15 is 0 Å². The minimum atomic E-state index is 0.272. The number of anilines is 2. The molecule has 0 unspecified atom stereocenters. The van der Waals surface area contributed by atoms with Crippen LogP contribution in [0.15, 0.2) is 0 Å². The summed E-state index contributed by atoms with van der Waals surface area (Å²) in [4.78, 5) is 14.7. The second kappa shape index (κ2) is 7.05. The molecule has 0 spiro atoms. The standard InChI is InChI=1S/C11H21N7O/c1-2-19-11-15-9(14-10(16-11)17-12)13-5-8-18-6-3-4-7-18/h2-8,12H2,1H3,(H2,13,14,15,16,17). The Kier molecular flexibility index (Phi) is 5.10. The van der Waals surface area contributed by atoms with Crippen LogP contribution in [0.1, 0.15) is 19.8 Å². The number of nitrogen functional groups attached to an aromatic ring is 1. The summed E-state index contributed by atoms with van der Waals surface area (Å²) in [5, 5.41) is 3.17. The molecule has 2 heterocycles. The molecule has 0 bridgehead atoms. The van der Waals surface area contributed by atoms with Crippen molar-refractivity contribution in [2.24, 2.45) is 5.84 Å². The minimum Gasteiger partial charge on any atom is -0.464 e. The zero-order valence-electron chi connectivity index (χ0n) is 11.2. The Morgan fingerprint density at radius 3 is 2.63 bits per heavy atom. The van der Waals surface area contributed by atoms with Gasteiger partial charge in [0.1, 0.15) is 0 Å². The first-order valence-electron chi connectivity index (χ1n) is 6.63. The number of ether oxygens (including phenoxy) is 1. The number of nitrogens with one attached hydrogen (secondary N) is 2. The van der Waals surface area contributed by atoms with Crippen LogP contribution in [0.2, 0.25) is 0 Å². The van der Waals surface area contributed by atoms with Gasteiger partial charge in [-0.2, -0.15) is 15.0 Å². The lowest BCUT2D eigenvalue weighted by Crippen LogP contribution is -2.26. The van der Waals surface area contributed by atoms with Crippen LogP contribution >= 0.6 is 0 Å². The zero-order valence-corrected chi connectivity index (χ0v) is 11.2. The molecule has 0 amide bonds. The topological polar surface area (TPSA) is 101 Å². The molecular formula is C11H21N7O. The Bertz CT molecular complexity index is 395. The number of likely N-dealkylation sites (tertiary alicyclic amines) is 1. The van der Waals surface area contributed by atoms with E-state index in [0.29, 0.717) is 18.5 Å². The largest absolute Gasteiger partial charge is 0.464 e. The first kappa shape index (κ1) is 13.8. The van der Waals surface area contributed by atoms with E-state index in [1.54, 1.807) is 0 Å². The molecule has 4 N–H and O–H groups in total. The lowest BCUT2D eigenvalue weighted by Gasteiger charge is -2.15. The fourth-order valence-corrected chi connectivity index (χ4v) is 2.03. The van der Waals surface area contributed by atoms with Gasteiger partial charge in [0, 0.05) is 13.1 Å². The third kappa shape index (κ3) is 4.18. The fraction of sp³-hybridized carbons (Fsp3) is 0.727. The minimum absolute atomic E-state index is 0.272. The lowest BCUT2D eigenvalue weighted by molar-refractivity contribution is 0.312. The van der Waals surface area contributed by atoms with Crippen LogP contribution in [0.25, 0.3) is 0 Å². The van der Waals surface area contributed by atoms with E-state index in [1.807, 2.05) is 6.92 Å². The van der Waals surface area contributed by atoms with Gasteiger partial charge in [-0.3, -0.25) is 5.43 Å². The average Bonchev–Trinajstić information content (AvgIpc) is 2.92. The zero-order chi connectivity index (χ0) is 13.5. The number of nitrogens with two attached hydrogens (primary N) is 1. The molecule has 8 nitrogen and oxygen atoms in total. The highest BCUT2D eigenvalue weighted by atomic mass is 16.5. The van der Waals surface area contributed by atoms with Crippen molar-refractivity contribution in [1.82, 2.24) is 19.9 Å². The van der Waals surface area contributed by atoms with Gasteiger partial charge in [-0.1, -0.05) is 0 Å². The molecule has 1 saturated heterocycles. The van der Waals surface area contributed by atoms with E-state index in [-0.39, 0.29) is 6.01 Å². The van der Waals surface area contributed by atoms with E-state index < -0.39 is 0 Å². The van der Waals surface area contributed by atoms with Crippen LogP contribution in [0, 0.1) is 0 Å². The number of hydrogen-bond acceptors (Lipinski definition) is 8. The van der Waals surface area contributed by atoms with Crippen LogP contribution in [-0.2, 0) is 0 Å². The Hall–Kier alpha value is -1.67. The molecule has 19 heavy (non-hydrogen) atoms. The van der Waals surface area contributed by atoms with Gasteiger partial charge >= 0.3 is 6.01 Å². The lowest BCUT2D eigenvalue weighted by atomic mass is 10.4. The van der Waals surface area contributed by atoms with E-state index in [1.165, 1.54) is 25.9 Å². The smallest absolute Gasteiger partial charge is 0.323 e. The normalized spacial score (nSPS) is 15.5. The molecule has 0 atom stereocenters. The molecule has 1 aliphatic rings. The summed E-state index contributed by atoms with van der Waals surface area (Å²) >= 11 is 0.